The highest BCUT2D eigenvalue weighted by atomic mass is 19.1. The molecule has 1 fully saturated rings. The van der Waals surface area contributed by atoms with Crippen LogP contribution in [0, 0.1) is 23.5 Å². The van der Waals surface area contributed by atoms with Crippen LogP contribution in [-0.2, 0) is 32.0 Å². The van der Waals surface area contributed by atoms with Gasteiger partial charge >= 0.3 is 5.97 Å². The highest BCUT2D eigenvalue weighted by Gasteiger charge is 2.50. The summed E-state index contributed by atoms with van der Waals surface area (Å²) in [6, 6.07) is 7.26. The molecule has 0 unspecified atom stereocenters. The molecule has 0 bridgehead atoms. The molecule has 2 aliphatic rings. The Bertz CT molecular complexity index is 1090. The van der Waals surface area contributed by atoms with Gasteiger partial charge in [-0.3, -0.25) is 9.59 Å². The second-order valence-electron chi connectivity index (χ2n) is 9.41. The Kier molecular flexibility index (Phi) is 6.68. The molecule has 8 heteroatoms. The van der Waals surface area contributed by atoms with Crippen LogP contribution >= 0.6 is 0 Å². The predicted molar refractivity (Wildman–Crippen MR) is 120 cm³/mol. The molecule has 6 nitrogen and oxygen atoms in total. The maximum absolute atomic E-state index is 14.9. The third-order valence-electron chi connectivity index (χ3n) is 6.67. The standard InChI is InChI=1S/C26H28F2N2O4/c1-14(2)10-21-24(31)29-22(17-11-15-6-4-5-7-16(15)12-17)25(32)30(21)23(26(33)34-3)19-9-8-18(27)13-20(19)28/h4-9,13-14,17,21-23H,10-12H2,1-3H3,(H,29,31)/t21-,22-,23-/m1/s1. The number of fused-ring (bicyclic) bond motifs is 1. The Morgan fingerprint density at radius 1 is 1.12 bits per heavy atom. The van der Waals surface area contributed by atoms with Crippen molar-refractivity contribution in [1.29, 1.82) is 0 Å². The van der Waals surface area contributed by atoms with Crippen LogP contribution in [0.2, 0.25) is 0 Å². The van der Waals surface area contributed by atoms with Crippen molar-refractivity contribution in [3.05, 3.63) is 70.8 Å². The zero-order valence-corrected chi connectivity index (χ0v) is 19.4. The van der Waals surface area contributed by atoms with Crippen molar-refractivity contribution in [2.75, 3.05) is 7.11 Å². The molecule has 1 saturated heterocycles. The third-order valence-corrected chi connectivity index (χ3v) is 6.67. The van der Waals surface area contributed by atoms with Crippen LogP contribution in [0.15, 0.2) is 42.5 Å². The molecule has 2 aromatic carbocycles. The van der Waals surface area contributed by atoms with Crippen LogP contribution in [0.4, 0.5) is 8.78 Å². The lowest BCUT2D eigenvalue weighted by Crippen LogP contribution is -2.67. The fourth-order valence-corrected chi connectivity index (χ4v) is 5.10. The summed E-state index contributed by atoms with van der Waals surface area (Å²) >= 11 is 0. The molecule has 3 atom stereocenters. The Labute approximate surface area is 197 Å². The number of nitrogens with zero attached hydrogens (tertiary/aromatic N) is 1. The van der Waals surface area contributed by atoms with E-state index in [2.05, 4.69) is 5.32 Å². The average Bonchev–Trinajstić information content (AvgIpc) is 3.22. The van der Waals surface area contributed by atoms with Gasteiger partial charge < -0.3 is 15.0 Å². The minimum absolute atomic E-state index is 0.00898. The van der Waals surface area contributed by atoms with Crippen molar-refractivity contribution < 1.29 is 27.9 Å². The maximum atomic E-state index is 14.9. The fourth-order valence-electron chi connectivity index (χ4n) is 5.10. The minimum Gasteiger partial charge on any atom is -0.467 e. The van der Waals surface area contributed by atoms with E-state index in [1.54, 1.807) is 0 Å². The molecule has 0 spiro atoms. The number of esters is 1. The van der Waals surface area contributed by atoms with E-state index < -0.39 is 47.5 Å². The topological polar surface area (TPSA) is 75.7 Å². The molecule has 4 rings (SSSR count). The van der Waals surface area contributed by atoms with Gasteiger partial charge in [0.15, 0.2) is 6.04 Å². The molecular weight excluding hydrogens is 442 g/mol. The van der Waals surface area contributed by atoms with Gasteiger partial charge in [-0.2, -0.15) is 0 Å². The van der Waals surface area contributed by atoms with Crippen LogP contribution < -0.4 is 5.32 Å². The van der Waals surface area contributed by atoms with Gasteiger partial charge in [-0.05, 0) is 48.3 Å². The van der Waals surface area contributed by atoms with Crippen LogP contribution in [0.25, 0.3) is 0 Å². The molecule has 180 valence electrons. The largest absolute Gasteiger partial charge is 0.467 e. The van der Waals surface area contributed by atoms with Crippen molar-refractivity contribution in [2.45, 2.75) is 51.2 Å². The van der Waals surface area contributed by atoms with Crippen LogP contribution in [0.3, 0.4) is 0 Å². The van der Waals surface area contributed by atoms with E-state index in [4.69, 9.17) is 4.74 Å². The van der Waals surface area contributed by atoms with Gasteiger partial charge in [-0.25, -0.2) is 13.6 Å². The van der Waals surface area contributed by atoms with Gasteiger partial charge in [0.05, 0.1) is 7.11 Å². The number of nitrogens with one attached hydrogen (secondary N) is 1. The van der Waals surface area contributed by atoms with Gasteiger partial charge in [-0.15, -0.1) is 0 Å². The van der Waals surface area contributed by atoms with E-state index in [0.29, 0.717) is 18.9 Å². The van der Waals surface area contributed by atoms with E-state index in [-0.39, 0.29) is 23.8 Å². The first-order valence-corrected chi connectivity index (χ1v) is 11.4. The Balaban J connectivity index is 1.76. The lowest BCUT2D eigenvalue weighted by atomic mass is 9.88. The van der Waals surface area contributed by atoms with Gasteiger partial charge in [0.1, 0.15) is 23.7 Å². The van der Waals surface area contributed by atoms with Crippen LogP contribution in [-0.4, -0.2) is 41.9 Å². The molecule has 2 aromatic rings. The van der Waals surface area contributed by atoms with Gasteiger partial charge in [-0.1, -0.05) is 44.2 Å². The number of halogens is 2. The highest BCUT2D eigenvalue weighted by Crippen LogP contribution is 2.36. The number of carbonyl (C=O) groups is 3. The van der Waals surface area contributed by atoms with Gasteiger partial charge in [0, 0.05) is 11.6 Å². The molecule has 0 aromatic heterocycles. The second-order valence-corrected chi connectivity index (χ2v) is 9.41. The summed E-state index contributed by atoms with van der Waals surface area (Å²) in [6.07, 6.45) is 1.47. The first-order chi connectivity index (χ1) is 16.2. The summed E-state index contributed by atoms with van der Waals surface area (Å²) < 4.78 is 33.4. The van der Waals surface area contributed by atoms with Crippen molar-refractivity contribution in [2.24, 2.45) is 11.8 Å². The average molecular weight is 471 g/mol. The lowest BCUT2D eigenvalue weighted by Gasteiger charge is -2.44. The zero-order valence-electron chi connectivity index (χ0n) is 19.4. The summed E-state index contributed by atoms with van der Waals surface area (Å²) in [5.41, 5.74) is 2.01. The van der Waals surface area contributed by atoms with Crippen molar-refractivity contribution in [1.82, 2.24) is 10.2 Å². The number of hydrogen-bond donors (Lipinski definition) is 1. The normalized spacial score (nSPS) is 21.4. The third kappa shape index (κ3) is 4.41. The number of piperazine rings is 1. The van der Waals surface area contributed by atoms with Crippen molar-refractivity contribution >= 4 is 17.8 Å². The van der Waals surface area contributed by atoms with Crippen molar-refractivity contribution in [3.63, 3.8) is 0 Å². The predicted octanol–water partition coefficient (Wildman–Crippen LogP) is 3.34. The molecule has 34 heavy (non-hydrogen) atoms. The molecule has 1 aliphatic carbocycles. The summed E-state index contributed by atoms with van der Waals surface area (Å²) in [5, 5.41) is 2.88. The van der Waals surface area contributed by atoms with E-state index in [1.165, 1.54) is 0 Å². The molecule has 0 radical (unpaired) electrons. The number of methoxy groups -OCH3 is 1. The van der Waals surface area contributed by atoms with E-state index >= 15 is 0 Å². The number of rotatable bonds is 6. The molecule has 1 aliphatic heterocycles. The van der Waals surface area contributed by atoms with Gasteiger partial charge in [0.2, 0.25) is 11.8 Å². The Hall–Kier alpha value is -3.29. The van der Waals surface area contributed by atoms with Crippen molar-refractivity contribution in [3.8, 4) is 0 Å². The fraction of sp³-hybridized carbons (Fsp3) is 0.423. The van der Waals surface area contributed by atoms with E-state index in [0.717, 1.165) is 35.3 Å². The number of benzene rings is 2. The molecule has 2 amide bonds. The number of amides is 2. The quantitative estimate of drug-likeness (QED) is 0.658. The summed E-state index contributed by atoms with van der Waals surface area (Å²) in [7, 11) is 1.13. The first kappa shape index (κ1) is 23.9. The highest BCUT2D eigenvalue weighted by molar-refractivity contribution is 5.99. The Morgan fingerprint density at radius 2 is 1.76 bits per heavy atom. The maximum Gasteiger partial charge on any atom is 0.333 e. The van der Waals surface area contributed by atoms with Crippen LogP contribution in [0.1, 0.15) is 43.0 Å². The number of ether oxygens (including phenoxy) is 1. The number of hydrogen-bond acceptors (Lipinski definition) is 4. The number of carbonyl (C=O) groups excluding carboxylic acids is 3. The van der Waals surface area contributed by atoms with E-state index in [9.17, 15) is 23.2 Å². The minimum atomic E-state index is -1.51. The summed E-state index contributed by atoms with van der Waals surface area (Å²) in [6.45, 7) is 3.78. The molecule has 0 saturated carbocycles. The SMILES string of the molecule is COC(=O)[C@@H](c1ccc(F)cc1F)N1C(=O)[C@@H](C2Cc3ccccc3C2)NC(=O)[C@H]1CC(C)C. The molecule has 1 N–H and O–H groups in total. The summed E-state index contributed by atoms with van der Waals surface area (Å²) in [4.78, 5) is 41.3. The second kappa shape index (κ2) is 9.52. The first-order valence-electron chi connectivity index (χ1n) is 11.4. The van der Waals surface area contributed by atoms with Crippen LogP contribution in [0.5, 0.6) is 0 Å². The zero-order chi connectivity index (χ0) is 24.6. The van der Waals surface area contributed by atoms with Gasteiger partial charge in [0.25, 0.3) is 0 Å². The monoisotopic (exact) mass is 470 g/mol. The summed E-state index contributed by atoms with van der Waals surface area (Å²) in [5.74, 6) is -3.75. The Morgan fingerprint density at radius 3 is 2.32 bits per heavy atom. The molecular formula is C26H28F2N2O4. The smallest absolute Gasteiger partial charge is 0.333 e. The lowest BCUT2D eigenvalue weighted by molar-refractivity contribution is -0.164. The molecule has 1 heterocycles. The van der Waals surface area contributed by atoms with E-state index in [1.807, 2.05) is 38.1 Å².